The molecule has 0 saturated carbocycles. The van der Waals surface area contributed by atoms with E-state index in [1.54, 1.807) is 12.4 Å². The van der Waals surface area contributed by atoms with Crippen LogP contribution < -0.4 is 9.64 Å². The lowest BCUT2D eigenvalue weighted by Gasteiger charge is -2.37. The van der Waals surface area contributed by atoms with Crippen LogP contribution in [0.4, 0.5) is 5.82 Å². The topological polar surface area (TPSA) is 67.7 Å². The minimum Gasteiger partial charge on any atom is -0.477 e. The van der Waals surface area contributed by atoms with Crippen LogP contribution in [0, 0.1) is 5.92 Å². The first-order valence-electron chi connectivity index (χ1n) is 7.77. The lowest BCUT2D eigenvalue weighted by molar-refractivity contribution is -0.0438. The lowest BCUT2D eigenvalue weighted by atomic mass is 9.89. The van der Waals surface area contributed by atoms with Crippen molar-refractivity contribution in [1.82, 2.24) is 9.97 Å². The average Bonchev–Trinajstić information content (AvgIpc) is 2.98. The van der Waals surface area contributed by atoms with Gasteiger partial charge in [0.1, 0.15) is 0 Å². The molecule has 2 aliphatic heterocycles. The highest BCUT2D eigenvalue weighted by Crippen LogP contribution is 2.32. The van der Waals surface area contributed by atoms with Crippen LogP contribution in [-0.2, 0) is 4.74 Å². The van der Waals surface area contributed by atoms with Crippen LogP contribution >= 0.6 is 0 Å². The molecule has 0 bridgehead atoms. The molecule has 3 rings (SSSR count). The number of aliphatic hydroxyl groups is 1. The van der Waals surface area contributed by atoms with Crippen LogP contribution in [0.1, 0.15) is 26.2 Å². The number of aromatic nitrogens is 2. The Kier molecular flexibility index (Phi) is 4.55. The van der Waals surface area contributed by atoms with Crippen molar-refractivity contribution < 1.29 is 14.6 Å². The minimum atomic E-state index is -0.285. The predicted octanol–water partition coefficient (Wildman–Crippen LogP) is 1.24. The maximum Gasteiger partial charge on any atom is 0.234 e. The second-order valence-electron chi connectivity index (χ2n) is 5.65. The Balaban J connectivity index is 1.78. The van der Waals surface area contributed by atoms with Crippen molar-refractivity contribution in [3.8, 4) is 5.88 Å². The van der Waals surface area contributed by atoms with Gasteiger partial charge in [-0.25, -0.2) is 0 Å². The summed E-state index contributed by atoms with van der Waals surface area (Å²) in [6.07, 6.45) is 6.01. The fraction of sp³-hybridized carbons (Fsp3) is 0.733. The summed E-state index contributed by atoms with van der Waals surface area (Å²) in [5.41, 5.74) is 0. The van der Waals surface area contributed by atoms with E-state index >= 15 is 0 Å². The van der Waals surface area contributed by atoms with E-state index in [-0.39, 0.29) is 18.1 Å². The van der Waals surface area contributed by atoms with Gasteiger partial charge in [0, 0.05) is 25.1 Å². The Morgan fingerprint density at radius 1 is 1.43 bits per heavy atom. The second-order valence-corrected chi connectivity index (χ2v) is 5.65. The third-order valence-electron chi connectivity index (χ3n) is 4.34. The smallest absolute Gasteiger partial charge is 0.234 e. The van der Waals surface area contributed by atoms with E-state index in [2.05, 4.69) is 14.9 Å². The maximum atomic E-state index is 10.3. The number of nitrogens with zero attached hydrogens (tertiary/aromatic N) is 3. The molecule has 116 valence electrons. The zero-order valence-electron chi connectivity index (χ0n) is 12.4. The van der Waals surface area contributed by atoms with E-state index in [1.807, 2.05) is 6.92 Å². The fourth-order valence-electron chi connectivity index (χ4n) is 3.33. The van der Waals surface area contributed by atoms with Crippen molar-refractivity contribution in [2.24, 2.45) is 5.92 Å². The molecule has 0 aromatic carbocycles. The van der Waals surface area contributed by atoms with E-state index < -0.39 is 0 Å². The van der Waals surface area contributed by atoms with Crippen molar-refractivity contribution in [2.45, 2.75) is 38.3 Å². The largest absolute Gasteiger partial charge is 0.477 e. The number of anilines is 1. The second kappa shape index (κ2) is 6.58. The molecule has 6 heteroatoms. The maximum absolute atomic E-state index is 10.3. The van der Waals surface area contributed by atoms with Gasteiger partial charge in [0.15, 0.2) is 5.82 Å². The molecular weight excluding hydrogens is 270 g/mol. The summed E-state index contributed by atoms with van der Waals surface area (Å²) < 4.78 is 11.0. The summed E-state index contributed by atoms with van der Waals surface area (Å²) in [4.78, 5) is 11.0. The van der Waals surface area contributed by atoms with Gasteiger partial charge >= 0.3 is 0 Å². The SMILES string of the molecule is CCOc1cncc(N2CCC[C@@H]2[C@H]2COCC[C@H]2O)n1. The molecule has 1 aromatic rings. The van der Waals surface area contributed by atoms with Gasteiger partial charge in [-0.1, -0.05) is 0 Å². The van der Waals surface area contributed by atoms with Crippen molar-refractivity contribution in [3.05, 3.63) is 12.4 Å². The minimum absolute atomic E-state index is 0.152. The summed E-state index contributed by atoms with van der Waals surface area (Å²) in [7, 11) is 0. The highest BCUT2D eigenvalue weighted by atomic mass is 16.5. The number of hydrogen-bond acceptors (Lipinski definition) is 6. The molecule has 2 saturated heterocycles. The van der Waals surface area contributed by atoms with Gasteiger partial charge in [-0.2, -0.15) is 4.98 Å². The van der Waals surface area contributed by atoms with Gasteiger partial charge in [0.2, 0.25) is 5.88 Å². The van der Waals surface area contributed by atoms with E-state index in [9.17, 15) is 5.11 Å². The highest BCUT2D eigenvalue weighted by molar-refractivity contribution is 5.40. The molecule has 3 atom stereocenters. The monoisotopic (exact) mass is 293 g/mol. The van der Waals surface area contributed by atoms with Crippen LogP contribution in [0.2, 0.25) is 0 Å². The van der Waals surface area contributed by atoms with Gasteiger partial charge in [-0.3, -0.25) is 4.98 Å². The average molecular weight is 293 g/mol. The predicted molar refractivity (Wildman–Crippen MR) is 78.5 cm³/mol. The first-order valence-corrected chi connectivity index (χ1v) is 7.77. The Bertz CT molecular complexity index is 471. The Labute approximate surface area is 125 Å². The molecule has 1 N–H and O–H groups in total. The van der Waals surface area contributed by atoms with Gasteiger partial charge in [-0.15, -0.1) is 0 Å². The van der Waals surface area contributed by atoms with Crippen molar-refractivity contribution in [1.29, 1.82) is 0 Å². The standard InChI is InChI=1S/C15H23N3O3/c1-2-21-15-9-16-8-14(17-15)18-6-3-4-12(18)11-10-20-7-5-13(11)19/h8-9,11-13,19H,2-7,10H2,1H3/t11-,12-,13-/m1/s1. The number of hydrogen-bond donors (Lipinski definition) is 1. The molecule has 0 radical (unpaired) electrons. The number of rotatable bonds is 4. The molecule has 0 amide bonds. The number of ether oxygens (including phenoxy) is 2. The van der Waals surface area contributed by atoms with E-state index in [1.165, 1.54) is 0 Å². The summed E-state index contributed by atoms with van der Waals surface area (Å²) in [5, 5.41) is 10.3. The normalized spacial score (nSPS) is 29.6. The Morgan fingerprint density at radius 3 is 3.14 bits per heavy atom. The zero-order valence-corrected chi connectivity index (χ0v) is 12.4. The van der Waals surface area contributed by atoms with E-state index in [0.29, 0.717) is 25.7 Å². The lowest BCUT2D eigenvalue weighted by Crippen LogP contribution is -2.46. The fourth-order valence-corrected chi connectivity index (χ4v) is 3.33. The van der Waals surface area contributed by atoms with Gasteiger partial charge in [0.05, 0.1) is 31.7 Å². The van der Waals surface area contributed by atoms with Crippen LogP contribution in [0.5, 0.6) is 5.88 Å². The van der Waals surface area contributed by atoms with Crippen molar-refractivity contribution in [3.63, 3.8) is 0 Å². The molecule has 3 heterocycles. The Hall–Kier alpha value is -1.40. The summed E-state index contributed by atoms with van der Waals surface area (Å²) in [6.45, 7) is 4.74. The van der Waals surface area contributed by atoms with Gasteiger partial charge in [-0.05, 0) is 26.2 Å². The molecule has 21 heavy (non-hydrogen) atoms. The zero-order chi connectivity index (χ0) is 14.7. The molecule has 2 aliphatic rings. The number of aliphatic hydroxyl groups excluding tert-OH is 1. The van der Waals surface area contributed by atoms with Crippen LogP contribution in [0.15, 0.2) is 12.4 Å². The van der Waals surface area contributed by atoms with Crippen LogP contribution in [0.3, 0.4) is 0 Å². The molecular formula is C15H23N3O3. The van der Waals surface area contributed by atoms with Gasteiger partial charge < -0.3 is 19.5 Å². The third-order valence-corrected chi connectivity index (χ3v) is 4.34. The first-order chi connectivity index (χ1) is 10.3. The summed E-state index contributed by atoms with van der Waals surface area (Å²) in [5.74, 6) is 1.54. The Morgan fingerprint density at radius 2 is 2.33 bits per heavy atom. The first kappa shape index (κ1) is 14.5. The van der Waals surface area contributed by atoms with E-state index in [0.717, 1.165) is 31.6 Å². The van der Waals surface area contributed by atoms with Crippen LogP contribution in [0.25, 0.3) is 0 Å². The molecule has 6 nitrogen and oxygen atoms in total. The van der Waals surface area contributed by atoms with E-state index in [4.69, 9.17) is 9.47 Å². The summed E-state index contributed by atoms with van der Waals surface area (Å²) >= 11 is 0. The molecule has 0 unspecified atom stereocenters. The summed E-state index contributed by atoms with van der Waals surface area (Å²) in [6, 6.07) is 0.270. The quantitative estimate of drug-likeness (QED) is 0.901. The van der Waals surface area contributed by atoms with Crippen LogP contribution in [-0.4, -0.2) is 53.6 Å². The third kappa shape index (κ3) is 3.11. The van der Waals surface area contributed by atoms with Gasteiger partial charge in [0.25, 0.3) is 0 Å². The van der Waals surface area contributed by atoms with Crippen molar-refractivity contribution in [2.75, 3.05) is 31.3 Å². The molecule has 0 spiro atoms. The highest BCUT2D eigenvalue weighted by Gasteiger charge is 2.38. The molecule has 2 fully saturated rings. The molecule has 0 aliphatic carbocycles. The molecule has 1 aromatic heterocycles. The van der Waals surface area contributed by atoms with Crippen molar-refractivity contribution >= 4 is 5.82 Å².